The number of hydrogen-bond donors (Lipinski definition) is 2. The third-order valence-electron chi connectivity index (χ3n) is 5.25. The lowest BCUT2D eigenvalue weighted by Gasteiger charge is -2.17. The maximum Gasteiger partial charge on any atom is 0.261 e. The number of benzene rings is 3. The molecule has 0 aromatic heterocycles. The van der Waals surface area contributed by atoms with Crippen molar-refractivity contribution in [1.82, 2.24) is 0 Å². The van der Waals surface area contributed by atoms with Crippen molar-refractivity contribution >= 4 is 50.5 Å². The van der Waals surface area contributed by atoms with Gasteiger partial charge in [0, 0.05) is 30.0 Å². The van der Waals surface area contributed by atoms with E-state index in [2.05, 4.69) is 10.0 Å². The third kappa shape index (κ3) is 5.18. The first-order chi connectivity index (χ1) is 15.7. The molecule has 0 radical (unpaired) electrons. The first kappa shape index (κ1) is 22.8. The van der Waals surface area contributed by atoms with Crippen molar-refractivity contribution in [2.24, 2.45) is 0 Å². The van der Waals surface area contributed by atoms with E-state index in [1.807, 2.05) is 13.0 Å². The van der Waals surface area contributed by atoms with Gasteiger partial charge in [0.15, 0.2) is 0 Å². The monoisotopic (exact) mass is 483 g/mol. The van der Waals surface area contributed by atoms with E-state index < -0.39 is 15.9 Å². The summed E-state index contributed by atoms with van der Waals surface area (Å²) in [6.07, 6.45) is 1.30. The van der Waals surface area contributed by atoms with E-state index in [1.165, 1.54) is 18.2 Å². The molecule has 0 unspecified atom stereocenters. The molecule has 1 heterocycles. The SMILES string of the molecule is Cc1cccc(NS(=O)(=O)c2ccc(Cl)c(C(=O)Nc3cccc(N4CCCC4=O)c3)c2)c1. The van der Waals surface area contributed by atoms with Crippen molar-refractivity contribution in [3.63, 3.8) is 0 Å². The average molecular weight is 484 g/mol. The van der Waals surface area contributed by atoms with E-state index in [0.717, 1.165) is 12.0 Å². The van der Waals surface area contributed by atoms with E-state index in [0.29, 0.717) is 30.0 Å². The minimum Gasteiger partial charge on any atom is -0.322 e. The van der Waals surface area contributed by atoms with Crippen LogP contribution in [0.4, 0.5) is 17.1 Å². The number of amides is 2. The molecule has 1 aliphatic rings. The van der Waals surface area contributed by atoms with Crippen molar-refractivity contribution in [2.75, 3.05) is 21.5 Å². The number of aryl methyl sites for hydroxylation is 1. The number of sulfonamides is 1. The van der Waals surface area contributed by atoms with Crippen LogP contribution in [0.5, 0.6) is 0 Å². The van der Waals surface area contributed by atoms with Gasteiger partial charge in [0.05, 0.1) is 15.5 Å². The molecule has 2 N–H and O–H groups in total. The van der Waals surface area contributed by atoms with Gasteiger partial charge in [0.1, 0.15) is 0 Å². The molecule has 170 valence electrons. The Morgan fingerprint density at radius 3 is 2.48 bits per heavy atom. The number of carbonyl (C=O) groups excluding carboxylic acids is 2. The Morgan fingerprint density at radius 1 is 1.00 bits per heavy atom. The highest BCUT2D eigenvalue weighted by molar-refractivity contribution is 7.92. The first-order valence-corrected chi connectivity index (χ1v) is 12.2. The Morgan fingerprint density at radius 2 is 1.76 bits per heavy atom. The summed E-state index contributed by atoms with van der Waals surface area (Å²) in [5, 5.41) is 2.86. The summed E-state index contributed by atoms with van der Waals surface area (Å²) in [5.41, 5.74) is 2.51. The minimum atomic E-state index is -3.93. The fourth-order valence-electron chi connectivity index (χ4n) is 3.64. The van der Waals surface area contributed by atoms with E-state index in [9.17, 15) is 18.0 Å². The molecule has 0 atom stereocenters. The summed E-state index contributed by atoms with van der Waals surface area (Å²) in [5.74, 6) is -0.516. The predicted molar refractivity (Wildman–Crippen MR) is 129 cm³/mol. The zero-order valence-electron chi connectivity index (χ0n) is 17.8. The zero-order valence-corrected chi connectivity index (χ0v) is 19.4. The van der Waals surface area contributed by atoms with Crippen molar-refractivity contribution in [1.29, 1.82) is 0 Å². The van der Waals surface area contributed by atoms with Gasteiger partial charge in [0.25, 0.3) is 15.9 Å². The number of nitrogens with one attached hydrogen (secondary N) is 2. The highest BCUT2D eigenvalue weighted by Crippen LogP contribution is 2.27. The number of carbonyl (C=O) groups is 2. The summed E-state index contributed by atoms with van der Waals surface area (Å²) < 4.78 is 28.2. The Bertz CT molecular complexity index is 1340. The van der Waals surface area contributed by atoms with Crippen LogP contribution in [0, 0.1) is 6.92 Å². The van der Waals surface area contributed by atoms with Gasteiger partial charge in [-0.3, -0.25) is 14.3 Å². The van der Waals surface area contributed by atoms with Crippen LogP contribution in [0.25, 0.3) is 0 Å². The van der Waals surface area contributed by atoms with Gasteiger partial charge in [-0.05, 0) is 67.4 Å². The Labute approximate surface area is 197 Å². The maximum absolute atomic E-state index is 12.9. The van der Waals surface area contributed by atoms with Crippen LogP contribution in [-0.4, -0.2) is 26.8 Å². The van der Waals surface area contributed by atoms with Crippen LogP contribution in [0.3, 0.4) is 0 Å². The third-order valence-corrected chi connectivity index (χ3v) is 6.96. The molecule has 0 bridgehead atoms. The summed E-state index contributed by atoms with van der Waals surface area (Å²) in [6, 6.07) is 17.9. The van der Waals surface area contributed by atoms with Crippen LogP contribution in [-0.2, 0) is 14.8 Å². The molecule has 1 saturated heterocycles. The van der Waals surface area contributed by atoms with Crippen molar-refractivity contribution in [2.45, 2.75) is 24.7 Å². The Balaban J connectivity index is 1.56. The molecule has 4 rings (SSSR count). The second-order valence-electron chi connectivity index (χ2n) is 7.77. The van der Waals surface area contributed by atoms with Crippen molar-refractivity contribution < 1.29 is 18.0 Å². The highest BCUT2D eigenvalue weighted by Gasteiger charge is 2.23. The molecule has 0 spiro atoms. The standard InChI is InChI=1S/C24H22ClN3O4S/c1-16-5-2-7-18(13-16)27-33(31,32)20-10-11-22(25)21(15-20)24(30)26-17-6-3-8-19(14-17)28-12-4-9-23(28)29/h2-3,5-8,10-11,13-15,27H,4,9,12H2,1H3,(H,26,30). The van der Waals surface area contributed by atoms with Gasteiger partial charge in [0.2, 0.25) is 5.91 Å². The van der Waals surface area contributed by atoms with Crippen LogP contribution in [0.15, 0.2) is 71.6 Å². The van der Waals surface area contributed by atoms with Gasteiger partial charge in [-0.2, -0.15) is 0 Å². The molecule has 9 heteroatoms. The van der Waals surface area contributed by atoms with Gasteiger partial charge >= 0.3 is 0 Å². The van der Waals surface area contributed by atoms with Crippen LogP contribution in [0.2, 0.25) is 5.02 Å². The van der Waals surface area contributed by atoms with Crippen LogP contribution in [0.1, 0.15) is 28.8 Å². The summed E-state index contributed by atoms with van der Waals surface area (Å²) >= 11 is 6.21. The first-order valence-electron chi connectivity index (χ1n) is 10.3. The van der Waals surface area contributed by atoms with Crippen LogP contribution < -0.4 is 14.9 Å². The molecule has 1 fully saturated rings. The summed E-state index contributed by atoms with van der Waals surface area (Å²) in [4.78, 5) is 26.5. The summed E-state index contributed by atoms with van der Waals surface area (Å²) in [6.45, 7) is 2.49. The molecule has 3 aromatic rings. The lowest BCUT2D eigenvalue weighted by molar-refractivity contribution is -0.117. The second kappa shape index (κ2) is 9.25. The number of hydrogen-bond acceptors (Lipinski definition) is 4. The van der Waals surface area contributed by atoms with Gasteiger partial charge in [-0.1, -0.05) is 29.8 Å². The molecule has 7 nitrogen and oxygen atoms in total. The van der Waals surface area contributed by atoms with Crippen molar-refractivity contribution in [3.05, 3.63) is 82.9 Å². The van der Waals surface area contributed by atoms with Crippen molar-refractivity contribution in [3.8, 4) is 0 Å². The molecule has 0 aliphatic carbocycles. The number of rotatable bonds is 6. The van der Waals surface area contributed by atoms with E-state index in [1.54, 1.807) is 47.4 Å². The average Bonchev–Trinajstić information content (AvgIpc) is 3.19. The molecule has 1 aliphatic heterocycles. The fourth-order valence-corrected chi connectivity index (χ4v) is 4.92. The zero-order chi connectivity index (χ0) is 23.6. The van der Waals surface area contributed by atoms with E-state index in [4.69, 9.17) is 11.6 Å². The van der Waals surface area contributed by atoms with Crippen LogP contribution >= 0.6 is 11.6 Å². The highest BCUT2D eigenvalue weighted by atomic mass is 35.5. The second-order valence-corrected chi connectivity index (χ2v) is 9.86. The minimum absolute atomic E-state index is 0.0198. The van der Waals surface area contributed by atoms with Gasteiger partial charge < -0.3 is 10.2 Å². The topological polar surface area (TPSA) is 95.6 Å². The molecule has 33 heavy (non-hydrogen) atoms. The number of nitrogens with zero attached hydrogens (tertiary/aromatic N) is 1. The Hall–Kier alpha value is -3.36. The summed E-state index contributed by atoms with van der Waals surface area (Å²) in [7, 11) is -3.93. The van der Waals surface area contributed by atoms with Gasteiger partial charge in [-0.25, -0.2) is 8.42 Å². The number of halogens is 1. The normalized spacial score (nSPS) is 13.8. The molecular weight excluding hydrogens is 462 g/mol. The lowest BCUT2D eigenvalue weighted by Crippen LogP contribution is -2.23. The smallest absolute Gasteiger partial charge is 0.261 e. The maximum atomic E-state index is 12.9. The molecular formula is C24H22ClN3O4S. The Kier molecular flexibility index (Phi) is 6.40. The predicted octanol–water partition coefficient (Wildman–Crippen LogP) is 4.83. The quantitative estimate of drug-likeness (QED) is 0.525. The van der Waals surface area contributed by atoms with E-state index >= 15 is 0 Å². The largest absolute Gasteiger partial charge is 0.322 e. The lowest BCUT2D eigenvalue weighted by atomic mass is 10.2. The van der Waals surface area contributed by atoms with Gasteiger partial charge in [-0.15, -0.1) is 0 Å². The molecule has 2 amide bonds. The van der Waals surface area contributed by atoms with E-state index in [-0.39, 0.29) is 21.4 Å². The molecule has 3 aromatic carbocycles. The fraction of sp³-hybridized carbons (Fsp3) is 0.167. The number of anilines is 3. The molecule has 0 saturated carbocycles.